The minimum absolute atomic E-state index is 0.236. The van der Waals surface area contributed by atoms with Crippen LogP contribution in [0.3, 0.4) is 0 Å². The molecule has 3 heterocycles. The van der Waals surface area contributed by atoms with E-state index in [4.69, 9.17) is 13.6 Å². The summed E-state index contributed by atoms with van der Waals surface area (Å²) >= 11 is 0. The van der Waals surface area contributed by atoms with Gasteiger partial charge in [0.25, 0.3) is 0 Å². The first-order chi connectivity index (χ1) is 12.1. The number of aryl methyl sites for hydroxylation is 1. The molecule has 0 saturated heterocycles. The van der Waals surface area contributed by atoms with Crippen molar-refractivity contribution in [3.05, 3.63) is 58.8 Å². The number of fused-ring (bicyclic) bond motifs is 3. The monoisotopic (exact) mass is 337 g/mol. The number of aromatic nitrogens is 1. The number of ether oxygens (including phenoxy) is 1. The van der Waals surface area contributed by atoms with Crippen LogP contribution in [-0.2, 0) is 11.8 Å². The van der Waals surface area contributed by atoms with Crippen LogP contribution in [0.1, 0.15) is 17.3 Å². The van der Waals surface area contributed by atoms with Crippen LogP contribution in [-0.4, -0.2) is 17.1 Å². The lowest BCUT2D eigenvalue weighted by Crippen LogP contribution is -2.06. The number of para-hydroxylation sites is 1. The van der Waals surface area contributed by atoms with E-state index in [1.807, 2.05) is 12.1 Å². The lowest BCUT2D eigenvalue weighted by atomic mass is 10.0. The van der Waals surface area contributed by atoms with Gasteiger partial charge in [-0.2, -0.15) is 0 Å². The molecule has 0 unspecified atom stereocenters. The van der Waals surface area contributed by atoms with Crippen molar-refractivity contribution >= 4 is 27.8 Å². The van der Waals surface area contributed by atoms with Crippen LogP contribution < -0.4 is 5.63 Å². The van der Waals surface area contributed by atoms with E-state index in [0.717, 1.165) is 0 Å². The average molecular weight is 337 g/mol. The van der Waals surface area contributed by atoms with Crippen molar-refractivity contribution in [2.75, 3.05) is 6.61 Å². The number of hydrogen-bond acceptors (Lipinski definition) is 5. The topological polar surface area (TPSA) is 74.6 Å². The summed E-state index contributed by atoms with van der Waals surface area (Å²) in [5.41, 5.74) is 1.82. The summed E-state index contributed by atoms with van der Waals surface area (Å²) in [5, 5.41) is 1.22. The molecule has 0 amide bonds. The van der Waals surface area contributed by atoms with Crippen molar-refractivity contribution < 1.29 is 18.4 Å². The maximum Gasteiger partial charge on any atom is 0.361 e. The highest BCUT2D eigenvalue weighted by Crippen LogP contribution is 2.36. The third kappa shape index (κ3) is 2.18. The summed E-state index contributed by atoms with van der Waals surface area (Å²) in [4.78, 5) is 25.3. The first kappa shape index (κ1) is 15.3. The first-order valence-electron chi connectivity index (χ1n) is 7.87. The molecule has 0 radical (unpaired) electrons. The summed E-state index contributed by atoms with van der Waals surface area (Å²) in [5.74, 6) is -0.486. The van der Waals surface area contributed by atoms with E-state index in [1.165, 1.54) is 12.5 Å². The van der Waals surface area contributed by atoms with Gasteiger partial charge in [0.1, 0.15) is 11.1 Å². The number of esters is 1. The third-order valence-electron chi connectivity index (χ3n) is 4.22. The minimum Gasteiger partial charge on any atom is -0.472 e. The zero-order chi connectivity index (χ0) is 17.6. The van der Waals surface area contributed by atoms with Gasteiger partial charge in [0.05, 0.1) is 30.4 Å². The van der Waals surface area contributed by atoms with Crippen LogP contribution in [0.15, 0.2) is 56.5 Å². The van der Waals surface area contributed by atoms with Crippen molar-refractivity contribution in [3.63, 3.8) is 0 Å². The lowest BCUT2D eigenvalue weighted by molar-refractivity contribution is 0.0529. The molecule has 0 N–H and O–H groups in total. The molecule has 1 aromatic carbocycles. The molecule has 6 heteroatoms. The Morgan fingerprint density at radius 3 is 2.76 bits per heavy atom. The molecule has 4 aromatic rings. The number of carbonyl (C=O) groups excluding carboxylic acids is 1. The van der Waals surface area contributed by atoms with Crippen LogP contribution in [0.5, 0.6) is 0 Å². The van der Waals surface area contributed by atoms with Crippen molar-refractivity contribution in [1.29, 1.82) is 0 Å². The van der Waals surface area contributed by atoms with Gasteiger partial charge >= 0.3 is 11.6 Å². The molecule has 0 saturated carbocycles. The first-order valence-corrected chi connectivity index (χ1v) is 7.87. The number of hydrogen-bond donors (Lipinski definition) is 0. The van der Waals surface area contributed by atoms with E-state index in [0.29, 0.717) is 38.7 Å². The predicted octanol–water partition coefficient (Wildman–Crippen LogP) is 3.72. The van der Waals surface area contributed by atoms with Crippen LogP contribution in [0, 0.1) is 0 Å². The van der Waals surface area contributed by atoms with Crippen LogP contribution in [0.25, 0.3) is 33.1 Å². The maximum atomic E-state index is 12.7. The van der Waals surface area contributed by atoms with Gasteiger partial charge in [0.2, 0.25) is 0 Å². The van der Waals surface area contributed by atoms with Crippen molar-refractivity contribution in [2.24, 2.45) is 7.05 Å². The molecular formula is C19H15NO5. The van der Waals surface area contributed by atoms with Gasteiger partial charge in [-0.1, -0.05) is 18.2 Å². The molecule has 0 spiro atoms. The fourth-order valence-corrected chi connectivity index (χ4v) is 3.23. The normalized spacial score (nSPS) is 11.3. The van der Waals surface area contributed by atoms with Crippen molar-refractivity contribution in [1.82, 2.24) is 4.57 Å². The Bertz CT molecular complexity index is 1150. The van der Waals surface area contributed by atoms with E-state index in [9.17, 15) is 9.59 Å². The Kier molecular flexibility index (Phi) is 3.46. The van der Waals surface area contributed by atoms with Gasteiger partial charge in [-0.3, -0.25) is 0 Å². The summed E-state index contributed by atoms with van der Waals surface area (Å²) in [7, 11) is 1.72. The summed E-state index contributed by atoms with van der Waals surface area (Å²) in [6.45, 7) is 1.98. The molecule has 126 valence electrons. The quantitative estimate of drug-likeness (QED) is 0.421. The van der Waals surface area contributed by atoms with Crippen molar-refractivity contribution in [2.45, 2.75) is 6.92 Å². The smallest absolute Gasteiger partial charge is 0.361 e. The van der Waals surface area contributed by atoms with E-state index < -0.39 is 11.6 Å². The molecule has 0 atom stereocenters. The number of rotatable bonds is 3. The fourth-order valence-electron chi connectivity index (χ4n) is 3.23. The SMILES string of the molecule is CCOC(=O)c1c(-c2ccoc2)n(C)c2c(=O)oc3ccccc3c12. The summed E-state index contributed by atoms with van der Waals surface area (Å²) < 4.78 is 17.5. The molecule has 6 nitrogen and oxygen atoms in total. The molecule has 0 fully saturated rings. The van der Waals surface area contributed by atoms with E-state index >= 15 is 0 Å². The molecule has 0 aliphatic heterocycles. The molecule has 25 heavy (non-hydrogen) atoms. The Balaban J connectivity index is 2.25. The Morgan fingerprint density at radius 2 is 2.04 bits per heavy atom. The highest BCUT2D eigenvalue weighted by molar-refractivity contribution is 6.18. The number of nitrogens with zero attached hydrogens (tertiary/aromatic N) is 1. The molecule has 4 rings (SSSR count). The Hall–Kier alpha value is -3.28. The number of benzene rings is 1. The highest BCUT2D eigenvalue weighted by Gasteiger charge is 2.27. The lowest BCUT2D eigenvalue weighted by Gasteiger charge is -2.05. The second-order valence-corrected chi connectivity index (χ2v) is 5.62. The molecule has 0 aliphatic rings. The predicted molar refractivity (Wildman–Crippen MR) is 92.6 cm³/mol. The number of carbonyl (C=O) groups is 1. The minimum atomic E-state index is -0.503. The zero-order valence-corrected chi connectivity index (χ0v) is 13.7. The van der Waals surface area contributed by atoms with E-state index in [2.05, 4.69) is 0 Å². The number of furan rings is 1. The van der Waals surface area contributed by atoms with Crippen molar-refractivity contribution in [3.8, 4) is 11.3 Å². The largest absolute Gasteiger partial charge is 0.472 e. The van der Waals surface area contributed by atoms with Crippen LogP contribution >= 0.6 is 0 Å². The summed E-state index contributed by atoms with van der Waals surface area (Å²) in [6, 6.07) is 8.88. The standard InChI is InChI=1S/C19H15NO5/c1-3-24-18(21)15-14-12-6-4-5-7-13(12)25-19(22)17(14)20(2)16(15)11-8-9-23-10-11/h4-10H,3H2,1-2H3. The van der Waals surface area contributed by atoms with Gasteiger partial charge in [-0.15, -0.1) is 0 Å². The van der Waals surface area contributed by atoms with Crippen LogP contribution in [0.2, 0.25) is 0 Å². The van der Waals surface area contributed by atoms with Gasteiger partial charge in [-0.25, -0.2) is 9.59 Å². The second-order valence-electron chi connectivity index (χ2n) is 5.62. The molecular weight excluding hydrogens is 322 g/mol. The molecule has 0 aliphatic carbocycles. The van der Waals surface area contributed by atoms with E-state index in [-0.39, 0.29) is 6.61 Å². The van der Waals surface area contributed by atoms with E-state index in [1.54, 1.807) is 36.7 Å². The van der Waals surface area contributed by atoms with Gasteiger partial charge < -0.3 is 18.1 Å². The second kappa shape index (κ2) is 5.66. The summed E-state index contributed by atoms with van der Waals surface area (Å²) in [6.07, 6.45) is 3.04. The molecule has 3 aromatic heterocycles. The zero-order valence-electron chi connectivity index (χ0n) is 13.7. The highest BCUT2D eigenvalue weighted by atomic mass is 16.5. The Morgan fingerprint density at radius 1 is 1.24 bits per heavy atom. The average Bonchev–Trinajstić information content (AvgIpc) is 3.21. The fraction of sp³-hybridized carbons (Fsp3) is 0.158. The van der Waals surface area contributed by atoms with Crippen LogP contribution in [0.4, 0.5) is 0 Å². The van der Waals surface area contributed by atoms with Gasteiger partial charge in [0.15, 0.2) is 0 Å². The van der Waals surface area contributed by atoms with Gasteiger partial charge in [0, 0.05) is 23.4 Å². The Labute approximate surface area is 142 Å². The molecule has 0 bridgehead atoms. The van der Waals surface area contributed by atoms with Gasteiger partial charge in [-0.05, 0) is 19.1 Å². The third-order valence-corrected chi connectivity index (χ3v) is 4.22. The maximum absolute atomic E-state index is 12.7.